The molecule has 0 radical (unpaired) electrons. The molecule has 0 spiro atoms. The zero-order valence-electron chi connectivity index (χ0n) is 32.9. The number of carbonyl (C=O) groups excluding carboxylic acids is 2. The number of rotatable bonds is 26. The quantitative estimate of drug-likeness (QED) is 0.0722. The molecule has 0 saturated carbocycles. The maximum atomic E-state index is 13.6. The summed E-state index contributed by atoms with van der Waals surface area (Å²) < 4.78 is 7.08. The van der Waals surface area contributed by atoms with Crippen LogP contribution in [0.3, 0.4) is 0 Å². The first kappa shape index (κ1) is 42.9. The molecule has 2 aromatic rings. The van der Waals surface area contributed by atoms with E-state index in [4.69, 9.17) is 4.12 Å². The molecule has 0 bridgehead atoms. The van der Waals surface area contributed by atoms with Gasteiger partial charge in [-0.15, -0.1) is 0 Å². The zero-order valence-corrected chi connectivity index (χ0v) is 34.9. The van der Waals surface area contributed by atoms with Gasteiger partial charge in [0.25, 0.3) is 11.8 Å². The molecule has 0 heterocycles. The van der Waals surface area contributed by atoms with E-state index in [1.165, 1.54) is 87.4 Å². The van der Waals surface area contributed by atoms with Crippen LogP contribution in [0, 0.1) is 0 Å². The topological polar surface area (TPSA) is 49.9 Å². The first-order valence-corrected chi connectivity index (χ1v) is 25.8. The molecule has 276 valence electrons. The summed E-state index contributed by atoms with van der Waals surface area (Å²) in [6, 6.07) is 16.6. The molecule has 0 aliphatic carbocycles. The van der Waals surface area contributed by atoms with E-state index >= 15 is 0 Å². The van der Waals surface area contributed by atoms with E-state index in [1.807, 2.05) is 24.3 Å². The monoisotopic (exact) mass is 709 g/mol. The van der Waals surface area contributed by atoms with Crippen LogP contribution in [0.15, 0.2) is 48.5 Å². The van der Waals surface area contributed by atoms with E-state index in [0.717, 1.165) is 63.0 Å². The highest BCUT2D eigenvalue weighted by molar-refractivity contribution is 6.96. The maximum Gasteiger partial charge on any atom is 0.253 e. The van der Waals surface area contributed by atoms with E-state index in [-0.39, 0.29) is 11.8 Å². The zero-order chi connectivity index (χ0) is 36.1. The number of hydrogen-bond acceptors (Lipinski definition) is 3. The van der Waals surface area contributed by atoms with Crippen molar-refractivity contribution >= 4 is 38.8 Å². The normalized spacial score (nSPS) is 11.9. The molecular weight excluding hydrogens is 637 g/mol. The molecule has 0 fully saturated rings. The molecule has 2 rings (SSSR count). The summed E-state index contributed by atoms with van der Waals surface area (Å²) in [4.78, 5) is 31.4. The SMILES string of the molecule is CCCCCCN(CCCCCC)C(=O)c1ccc([Si](C)(C)O[Si](C)(C)c2ccc(C(=O)N(CCCCCC)CCCCCC)cc2)cc1. The van der Waals surface area contributed by atoms with Crippen LogP contribution >= 0.6 is 0 Å². The third kappa shape index (κ3) is 15.3. The van der Waals surface area contributed by atoms with Crippen molar-refractivity contribution in [2.75, 3.05) is 26.2 Å². The predicted molar refractivity (Wildman–Crippen MR) is 217 cm³/mol. The first-order valence-electron chi connectivity index (χ1n) is 20.0. The van der Waals surface area contributed by atoms with Gasteiger partial charge in [0.05, 0.1) is 0 Å². The minimum Gasteiger partial charge on any atom is -0.449 e. The van der Waals surface area contributed by atoms with Gasteiger partial charge in [-0.3, -0.25) is 9.59 Å². The molecular formula is C42H72N2O3Si2. The minimum atomic E-state index is -2.28. The van der Waals surface area contributed by atoms with Crippen molar-refractivity contribution < 1.29 is 13.7 Å². The fourth-order valence-corrected chi connectivity index (χ4v) is 14.7. The second kappa shape index (κ2) is 23.3. The van der Waals surface area contributed by atoms with Gasteiger partial charge in [0, 0.05) is 37.3 Å². The van der Waals surface area contributed by atoms with Crippen molar-refractivity contribution in [3.63, 3.8) is 0 Å². The van der Waals surface area contributed by atoms with E-state index < -0.39 is 16.6 Å². The molecule has 0 unspecified atom stereocenters. The summed E-state index contributed by atoms with van der Waals surface area (Å²) in [5.41, 5.74) is 1.56. The lowest BCUT2D eigenvalue weighted by atomic mass is 10.1. The average Bonchev–Trinajstić information content (AvgIpc) is 3.09. The third-order valence-corrected chi connectivity index (χ3v) is 17.4. The fourth-order valence-electron chi connectivity index (χ4n) is 6.70. The lowest BCUT2D eigenvalue weighted by Gasteiger charge is -2.35. The van der Waals surface area contributed by atoms with Gasteiger partial charge >= 0.3 is 0 Å². The van der Waals surface area contributed by atoms with Gasteiger partial charge in [-0.2, -0.15) is 0 Å². The Kier molecular flexibility index (Phi) is 20.4. The van der Waals surface area contributed by atoms with Crippen molar-refractivity contribution in [1.29, 1.82) is 0 Å². The summed E-state index contributed by atoms with van der Waals surface area (Å²) in [5.74, 6) is 0.314. The summed E-state index contributed by atoms with van der Waals surface area (Å²) in [5, 5.41) is 2.41. The second-order valence-electron chi connectivity index (χ2n) is 15.1. The van der Waals surface area contributed by atoms with Crippen molar-refractivity contribution in [3.8, 4) is 0 Å². The van der Waals surface area contributed by atoms with E-state index in [1.54, 1.807) is 0 Å². The predicted octanol–water partition coefficient (Wildman–Crippen LogP) is 10.4. The van der Waals surface area contributed by atoms with Crippen LogP contribution < -0.4 is 10.4 Å². The highest BCUT2D eigenvalue weighted by atomic mass is 28.4. The van der Waals surface area contributed by atoms with Crippen molar-refractivity contribution in [2.45, 2.75) is 157 Å². The molecule has 0 aliphatic rings. The summed E-state index contributed by atoms with van der Waals surface area (Å²) in [6.45, 7) is 21.3. The molecule has 2 amide bonds. The van der Waals surface area contributed by atoms with E-state index in [2.05, 4.69) is 87.9 Å². The van der Waals surface area contributed by atoms with Crippen LogP contribution in [0.2, 0.25) is 26.2 Å². The standard InChI is InChI=1S/C42H72N2O3Si2/c1-9-13-17-21-33-43(34-22-18-14-10-2)41(45)37-25-29-39(30-26-37)48(5,6)47-49(7,8)40-31-27-38(28-32-40)42(46)44(35-23-19-15-11-3)36-24-20-16-12-4/h25-32H,9-24,33-36H2,1-8H3. The Morgan fingerprint density at radius 2 is 0.714 bits per heavy atom. The molecule has 5 nitrogen and oxygen atoms in total. The molecule has 0 N–H and O–H groups in total. The number of nitrogens with zero attached hydrogens (tertiary/aromatic N) is 2. The second-order valence-corrected chi connectivity index (χ2v) is 23.1. The van der Waals surface area contributed by atoms with Gasteiger partial charge in [0.15, 0.2) is 0 Å². The van der Waals surface area contributed by atoms with Gasteiger partial charge in [0.2, 0.25) is 16.6 Å². The number of amides is 2. The highest BCUT2D eigenvalue weighted by Gasteiger charge is 2.36. The molecule has 7 heteroatoms. The number of hydrogen-bond donors (Lipinski definition) is 0. The largest absolute Gasteiger partial charge is 0.449 e. The molecule has 0 saturated heterocycles. The van der Waals surface area contributed by atoms with Crippen molar-refractivity contribution in [2.24, 2.45) is 0 Å². The fraction of sp³-hybridized carbons (Fsp3) is 0.667. The lowest BCUT2D eigenvalue weighted by Crippen LogP contribution is -2.57. The Hall–Kier alpha value is -2.23. The number of benzene rings is 2. The average molecular weight is 709 g/mol. The van der Waals surface area contributed by atoms with Crippen LogP contribution in [0.5, 0.6) is 0 Å². The third-order valence-electron chi connectivity index (χ3n) is 9.87. The molecule has 49 heavy (non-hydrogen) atoms. The Morgan fingerprint density at radius 3 is 0.959 bits per heavy atom. The van der Waals surface area contributed by atoms with Crippen LogP contribution in [0.4, 0.5) is 0 Å². The Labute approximate surface area is 303 Å². The molecule has 0 atom stereocenters. The van der Waals surface area contributed by atoms with Gasteiger partial charge in [-0.25, -0.2) is 0 Å². The van der Waals surface area contributed by atoms with Crippen molar-refractivity contribution in [1.82, 2.24) is 9.80 Å². The van der Waals surface area contributed by atoms with Crippen LogP contribution in [-0.2, 0) is 4.12 Å². The highest BCUT2D eigenvalue weighted by Crippen LogP contribution is 2.18. The Morgan fingerprint density at radius 1 is 0.449 bits per heavy atom. The van der Waals surface area contributed by atoms with Crippen LogP contribution in [-0.4, -0.2) is 64.4 Å². The summed E-state index contributed by atoms with van der Waals surface area (Å²) in [6.07, 6.45) is 18.7. The molecule has 2 aromatic carbocycles. The van der Waals surface area contributed by atoms with Gasteiger partial charge < -0.3 is 13.9 Å². The van der Waals surface area contributed by atoms with Gasteiger partial charge in [-0.05, 0) is 86.5 Å². The maximum absolute atomic E-state index is 13.6. The first-order chi connectivity index (χ1) is 23.5. The van der Waals surface area contributed by atoms with Crippen LogP contribution in [0.1, 0.15) is 151 Å². The van der Waals surface area contributed by atoms with E-state index in [0.29, 0.717) is 0 Å². The number of unbranched alkanes of at least 4 members (excludes halogenated alkanes) is 12. The molecule has 0 aliphatic heterocycles. The van der Waals surface area contributed by atoms with Crippen molar-refractivity contribution in [3.05, 3.63) is 59.7 Å². The van der Waals surface area contributed by atoms with E-state index in [9.17, 15) is 9.59 Å². The lowest BCUT2D eigenvalue weighted by molar-refractivity contribution is 0.0742. The summed E-state index contributed by atoms with van der Waals surface area (Å²) in [7, 11) is -4.56. The Balaban J connectivity index is 2.11. The van der Waals surface area contributed by atoms with Gasteiger partial charge in [-0.1, -0.05) is 129 Å². The minimum absolute atomic E-state index is 0.157. The number of carbonyl (C=O) groups is 2. The smallest absolute Gasteiger partial charge is 0.253 e. The van der Waals surface area contributed by atoms with Gasteiger partial charge in [0.1, 0.15) is 0 Å². The summed E-state index contributed by atoms with van der Waals surface area (Å²) >= 11 is 0. The molecule has 0 aromatic heterocycles. The van der Waals surface area contributed by atoms with Crippen LogP contribution in [0.25, 0.3) is 0 Å². The Bertz CT molecular complexity index is 1080.